The van der Waals surface area contributed by atoms with Crippen LogP contribution in [0, 0.1) is 52.3 Å². The molecule has 2 heteroatoms. The third-order valence-electron chi connectivity index (χ3n) is 17.4. The van der Waals surface area contributed by atoms with Crippen LogP contribution in [-0.4, -0.2) is 12.1 Å². The van der Waals surface area contributed by atoms with E-state index in [1.54, 1.807) is 5.57 Å². The van der Waals surface area contributed by atoms with Crippen LogP contribution in [-0.2, 0) is 9.53 Å². The Morgan fingerprint density at radius 1 is 0.603 bits per heavy atom. The lowest BCUT2D eigenvalue weighted by Gasteiger charge is -2.58. The van der Waals surface area contributed by atoms with Crippen molar-refractivity contribution in [2.45, 2.75) is 286 Å². The topological polar surface area (TPSA) is 26.3 Å². The van der Waals surface area contributed by atoms with Gasteiger partial charge in [0.1, 0.15) is 6.10 Å². The number of carbonyl (C=O) groups excluding carboxylic acids is 1. The number of ether oxygens (including phenoxy) is 1. The minimum absolute atomic E-state index is 0.0987. The van der Waals surface area contributed by atoms with Gasteiger partial charge in [0.2, 0.25) is 0 Å². The molecule has 0 N–H and O–H groups in total. The summed E-state index contributed by atoms with van der Waals surface area (Å²) < 4.78 is 6.58. The highest BCUT2D eigenvalue weighted by Gasteiger charge is 2.59. The SMILES string of the molecule is CCCCCCCCCCCCCCCC(CCCCCCCCCCCC)C(=O)O[C@H]1CC[C@@]2(C)C(=CC[C@H]3[C@@H]4CC[C@H]([C@H](C)CCCC(C)C)[C@@]4(C)CC[C@@H]32)C1. The molecule has 3 saturated carbocycles. The number of hydrogen-bond acceptors (Lipinski definition) is 2. The summed E-state index contributed by atoms with van der Waals surface area (Å²) in [5, 5.41) is 0. The summed E-state index contributed by atoms with van der Waals surface area (Å²) in [6, 6.07) is 0. The van der Waals surface area contributed by atoms with Crippen molar-refractivity contribution in [3.05, 3.63) is 11.6 Å². The average molecular weight is 807 g/mol. The third-order valence-corrected chi connectivity index (χ3v) is 17.4. The fraction of sp³-hybridized carbons (Fsp3) is 0.946. The van der Waals surface area contributed by atoms with Gasteiger partial charge in [-0.05, 0) is 104 Å². The summed E-state index contributed by atoms with van der Waals surface area (Å²) in [6.45, 7) is 17.4. The van der Waals surface area contributed by atoms with Crippen LogP contribution in [0.2, 0.25) is 0 Å². The van der Waals surface area contributed by atoms with Crippen LogP contribution in [0.1, 0.15) is 280 Å². The molecule has 0 bridgehead atoms. The maximum atomic E-state index is 14.0. The number of carbonyl (C=O) groups is 1. The van der Waals surface area contributed by atoms with E-state index >= 15 is 0 Å². The zero-order valence-electron chi connectivity index (χ0n) is 40.5. The van der Waals surface area contributed by atoms with Crippen molar-refractivity contribution in [3.8, 4) is 0 Å². The molecule has 0 aliphatic heterocycles. The standard InChI is InChI=1S/C56H102O2/c1-8-10-12-14-16-18-20-21-22-24-26-28-30-35-47(34-29-27-25-23-19-17-15-13-11-9-2)54(57)58-49-40-42-55(6)48(44-49)36-37-50-52-39-38-51(46(5)33-31-32-45(3)4)56(52,7)43-41-53(50)55/h36,45-47,49-53H,8-35,37-44H2,1-7H3/t46-,47?,49+,50+,51-,52+,53+,55+,56-/m1/s1. The second-order valence-corrected chi connectivity index (χ2v) is 22.3. The molecule has 58 heavy (non-hydrogen) atoms. The van der Waals surface area contributed by atoms with Crippen LogP contribution < -0.4 is 0 Å². The Hall–Kier alpha value is -0.790. The lowest BCUT2D eigenvalue weighted by molar-refractivity contribution is -0.157. The van der Waals surface area contributed by atoms with Crippen LogP contribution in [0.25, 0.3) is 0 Å². The van der Waals surface area contributed by atoms with E-state index in [1.165, 1.54) is 205 Å². The molecule has 338 valence electrons. The van der Waals surface area contributed by atoms with Crippen LogP contribution >= 0.6 is 0 Å². The third kappa shape index (κ3) is 15.5. The Bertz CT molecular complexity index is 1120. The Morgan fingerprint density at radius 3 is 1.64 bits per heavy atom. The predicted molar refractivity (Wildman–Crippen MR) is 253 cm³/mol. The van der Waals surface area contributed by atoms with E-state index in [1.807, 2.05) is 0 Å². The van der Waals surface area contributed by atoms with Gasteiger partial charge in [-0.15, -0.1) is 0 Å². The quantitative estimate of drug-likeness (QED) is 0.0384. The molecule has 0 aromatic carbocycles. The van der Waals surface area contributed by atoms with Crippen LogP contribution in [0.15, 0.2) is 11.6 Å². The Kier molecular flexibility index (Phi) is 23.5. The minimum atomic E-state index is 0.0987. The first-order valence-electron chi connectivity index (χ1n) is 27.0. The average Bonchev–Trinajstić information content (AvgIpc) is 3.56. The first-order chi connectivity index (χ1) is 28.1. The number of esters is 1. The van der Waals surface area contributed by atoms with Gasteiger partial charge < -0.3 is 4.74 Å². The van der Waals surface area contributed by atoms with Crippen LogP contribution in [0.3, 0.4) is 0 Å². The predicted octanol–water partition coefficient (Wildman–Crippen LogP) is 18.3. The molecule has 1 unspecified atom stereocenters. The molecule has 0 spiro atoms. The van der Waals surface area contributed by atoms with Gasteiger partial charge in [0, 0.05) is 6.42 Å². The van der Waals surface area contributed by atoms with Crippen molar-refractivity contribution >= 4 is 5.97 Å². The lowest BCUT2D eigenvalue weighted by Crippen LogP contribution is -2.51. The largest absolute Gasteiger partial charge is 0.462 e. The minimum Gasteiger partial charge on any atom is -0.462 e. The van der Waals surface area contributed by atoms with Gasteiger partial charge in [-0.1, -0.05) is 227 Å². The summed E-state index contributed by atoms with van der Waals surface area (Å²) in [5.74, 6) is 5.50. The van der Waals surface area contributed by atoms with Crippen LogP contribution in [0.4, 0.5) is 0 Å². The van der Waals surface area contributed by atoms with Crippen molar-refractivity contribution in [3.63, 3.8) is 0 Å². The van der Waals surface area contributed by atoms with E-state index in [4.69, 9.17) is 4.74 Å². The molecule has 0 heterocycles. The summed E-state index contributed by atoms with van der Waals surface area (Å²) in [5.41, 5.74) is 2.53. The maximum Gasteiger partial charge on any atom is 0.309 e. The van der Waals surface area contributed by atoms with Crippen molar-refractivity contribution in [2.75, 3.05) is 0 Å². The van der Waals surface area contributed by atoms with Gasteiger partial charge in [0.05, 0.1) is 5.92 Å². The molecule has 4 aliphatic rings. The summed E-state index contributed by atoms with van der Waals surface area (Å²) >= 11 is 0. The highest BCUT2D eigenvalue weighted by molar-refractivity contribution is 5.72. The van der Waals surface area contributed by atoms with E-state index in [0.717, 1.165) is 61.2 Å². The molecule has 0 saturated heterocycles. The smallest absolute Gasteiger partial charge is 0.309 e. The molecule has 0 aromatic rings. The van der Waals surface area contributed by atoms with Gasteiger partial charge in [-0.3, -0.25) is 4.79 Å². The molecule has 3 fully saturated rings. The second-order valence-electron chi connectivity index (χ2n) is 22.3. The zero-order valence-corrected chi connectivity index (χ0v) is 40.5. The van der Waals surface area contributed by atoms with Crippen molar-refractivity contribution in [2.24, 2.45) is 52.3 Å². The summed E-state index contributed by atoms with van der Waals surface area (Å²) in [4.78, 5) is 14.0. The first-order valence-corrected chi connectivity index (χ1v) is 27.0. The number of fused-ring (bicyclic) bond motifs is 5. The molecule has 0 amide bonds. The van der Waals surface area contributed by atoms with Crippen molar-refractivity contribution in [1.29, 1.82) is 0 Å². The lowest BCUT2D eigenvalue weighted by atomic mass is 9.47. The Balaban J connectivity index is 1.23. The van der Waals surface area contributed by atoms with Crippen molar-refractivity contribution < 1.29 is 9.53 Å². The highest BCUT2D eigenvalue weighted by Crippen LogP contribution is 2.67. The number of rotatable bonds is 32. The molecule has 0 aromatic heterocycles. The Morgan fingerprint density at radius 2 is 1.12 bits per heavy atom. The molecule has 9 atom stereocenters. The second kappa shape index (κ2) is 27.3. The fourth-order valence-corrected chi connectivity index (χ4v) is 13.7. The van der Waals surface area contributed by atoms with E-state index in [-0.39, 0.29) is 18.0 Å². The van der Waals surface area contributed by atoms with Gasteiger partial charge >= 0.3 is 5.97 Å². The summed E-state index contributed by atoms with van der Waals surface area (Å²) in [7, 11) is 0. The van der Waals surface area contributed by atoms with Crippen molar-refractivity contribution in [1.82, 2.24) is 0 Å². The van der Waals surface area contributed by atoms with Gasteiger partial charge in [-0.2, -0.15) is 0 Å². The van der Waals surface area contributed by atoms with E-state index in [9.17, 15) is 4.79 Å². The van der Waals surface area contributed by atoms with Crippen LogP contribution in [0.5, 0.6) is 0 Å². The number of allylic oxidation sites excluding steroid dienone is 1. The zero-order chi connectivity index (χ0) is 41.6. The first kappa shape index (κ1) is 49.9. The molecule has 2 nitrogen and oxygen atoms in total. The maximum absolute atomic E-state index is 14.0. The van der Waals surface area contributed by atoms with Gasteiger partial charge in [-0.25, -0.2) is 0 Å². The van der Waals surface area contributed by atoms with Gasteiger partial charge in [0.15, 0.2) is 0 Å². The van der Waals surface area contributed by atoms with E-state index in [2.05, 4.69) is 54.5 Å². The molecular formula is C56H102O2. The molecule has 4 rings (SSSR count). The molecule has 0 radical (unpaired) electrons. The highest BCUT2D eigenvalue weighted by atomic mass is 16.5. The van der Waals surface area contributed by atoms with E-state index in [0.29, 0.717) is 10.8 Å². The number of unbranched alkanes of at least 4 members (excludes halogenated alkanes) is 21. The molecule has 4 aliphatic carbocycles. The van der Waals surface area contributed by atoms with Gasteiger partial charge in [0.25, 0.3) is 0 Å². The monoisotopic (exact) mass is 807 g/mol. The normalized spacial score (nSPS) is 29.1. The van der Waals surface area contributed by atoms with E-state index < -0.39 is 0 Å². The number of hydrogen-bond donors (Lipinski definition) is 0. The fourth-order valence-electron chi connectivity index (χ4n) is 13.7. The Labute approximate surface area is 363 Å². The molecular weight excluding hydrogens is 705 g/mol. The summed E-state index contributed by atoms with van der Waals surface area (Å²) in [6.07, 6.45) is 51.0.